The van der Waals surface area contributed by atoms with Crippen molar-refractivity contribution >= 4 is 23.9 Å². The average Bonchev–Trinajstić information content (AvgIpc) is 2.28. The number of carboxylic acids is 2. The number of carbonyl (C=O) groups is 3. The summed E-state index contributed by atoms with van der Waals surface area (Å²) in [5, 5.41) is 32.5. The van der Waals surface area contributed by atoms with Crippen LogP contribution in [0.1, 0.15) is 0 Å². The summed E-state index contributed by atoms with van der Waals surface area (Å²) in [6.45, 7) is 0.330. The van der Waals surface area contributed by atoms with Crippen LogP contribution in [-0.2, 0) is 14.4 Å². The first-order valence-electron chi connectivity index (χ1n) is 4.37. The number of carbonyl (C=O) groups excluding carboxylic acids is 1. The molecule has 4 N–H and O–H groups in total. The predicted molar refractivity (Wildman–Crippen MR) is 54.8 cm³/mol. The van der Waals surface area contributed by atoms with Crippen molar-refractivity contribution in [2.45, 2.75) is 12.2 Å². The van der Waals surface area contributed by atoms with Crippen LogP contribution in [-0.4, -0.2) is 63.1 Å². The molecule has 0 fully saturated rings. The van der Waals surface area contributed by atoms with Gasteiger partial charge in [-0.15, -0.1) is 0 Å². The van der Waals surface area contributed by atoms with Gasteiger partial charge in [-0.1, -0.05) is 0 Å². The molecule has 1 heterocycles. The van der Waals surface area contributed by atoms with Gasteiger partial charge in [0.25, 0.3) is 0 Å². The molecular formula is C9H11NO7. The monoisotopic (exact) mass is 245 g/mol. The number of allylic oxidation sites excluding steroid dienone is 1. The topological polar surface area (TPSA) is 144 Å². The van der Waals surface area contributed by atoms with Gasteiger partial charge in [0.2, 0.25) is 0 Å². The average molecular weight is 245 g/mol. The SMILES string of the molecule is O=C(O)C(O)C(O)C(=O)O.O=C1C=CC=NC1. The zero-order valence-electron chi connectivity index (χ0n) is 8.55. The number of dihydropyridines is 1. The number of carboxylic acid groups (broad SMARTS) is 2. The van der Waals surface area contributed by atoms with E-state index in [1.807, 2.05) is 0 Å². The Hall–Kier alpha value is -2.06. The second-order valence-corrected chi connectivity index (χ2v) is 2.88. The van der Waals surface area contributed by atoms with Crippen molar-refractivity contribution in [1.29, 1.82) is 0 Å². The lowest BCUT2D eigenvalue weighted by molar-refractivity contribution is -0.165. The number of aliphatic hydroxyl groups excluding tert-OH is 2. The second-order valence-electron chi connectivity index (χ2n) is 2.88. The van der Waals surface area contributed by atoms with Gasteiger partial charge in [0.15, 0.2) is 18.0 Å². The number of hydrogen-bond donors (Lipinski definition) is 4. The molecule has 17 heavy (non-hydrogen) atoms. The fraction of sp³-hybridized carbons (Fsp3) is 0.333. The maximum atomic E-state index is 10.3. The van der Waals surface area contributed by atoms with Crippen molar-refractivity contribution in [2.75, 3.05) is 6.54 Å². The zero-order valence-corrected chi connectivity index (χ0v) is 8.55. The molecule has 8 nitrogen and oxygen atoms in total. The highest BCUT2D eigenvalue weighted by Gasteiger charge is 2.29. The standard InChI is InChI=1S/C5H5NO.C4H6O6/c7-5-2-1-3-6-4-5;5-1(3(7)8)2(6)4(9)10/h1-3H,4H2;1-2,5-6H,(H,7,8)(H,9,10). The third kappa shape index (κ3) is 6.17. The highest BCUT2D eigenvalue weighted by atomic mass is 16.4. The molecule has 8 heteroatoms. The third-order valence-corrected chi connectivity index (χ3v) is 1.53. The van der Waals surface area contributed by atoms with Crippen LogP contribution >= 0.6 is 0 Å². The van der Waals surface area contributed by atoms with Crippen molar-refractivity contribution in [3.05, 3.63) is 12.2 Å². The molecule has 0 bridgehead atoms. The molecule has 1 rings (SSSR count). The summed E-state index contributed by atoms with van der Waals surface area (Å²) in [4.78, 5) is 33.5. The summed E-state index contributed by atoms with van der Waals surface area (Å²) in [5.41, 5.74) is 0. The number of aliphatic hydroxyl groups is 2. The lowest BCUT2D eigenvalue weighted by Crippen LogP contribution is -2.39. The van der Waals surface area contributed by atoms with Crippen molar-refractivity contribution in [2.24, 2.45) is 4.99 Å². The van der Waals surface area contributed by atoms with E-state index in [2.05, 4.69) is 4.99 Å². The largest absolute Gasteiger partial charge is 0.479 e. The van der Waals surface area contributed by atoms with Crippen LogP contribution in [0.4, 0.5) is 0 Å². The molecule has 0 radical (unpaired) electrons. The second kappa shape index (κ2) is 7.25. The fourth-order valence-electron chi connectivity index (χ4n) is 0.677. The van der Waals surface area contributed by atoms with Crippen molar-refractivity contribution in [3.8, 4) is 0 Å². The number of aliphatic imine (C=N–C) groups is 1. The molecule has 1 aliphatic heterocycles. The number of nitrogens with zero attached hydrogens (tertiary/aromatic N) is 1. The van der Waals surface area contributed by atoms with Crippen LogP contribution in [0.15, 0.2) is 17.1 Å². The third-order valence-electron chi connectivity index (χ3n) is 1.53. The van der Waals surface area contributed by atoms with Crippen molar-refractivity contribution < 1.29 is 34.8 Å². The Morgan fingerprint density at radius 2 is 1.65 bits per heavy atom. The van der Waals surface area contributed by atoms with Crippen LogP contribution < -0.4 is 0 Å². The van der Waals surface area contributed by atoms with Crippen LogP contribution in [0.2, 0.25) is 0 Å². The molecule has 1 aliphatic rings. The van der Waals surface area contributed by atoms with E-state index in [1.54, 1.807) is 12.3 Å². The van der Waals surface area contributed by atoms with E-state index in [1.165, 1.54) is 6.08 Å². The number of hydrogen-bond acceptors (Lipinski definition) is 6. The Kier molecular flexibility index (Phi) is 6.37. The minimum Gasteiger partial charge on any atom is -0.479 e. The van der Waals surface area contributed by atoms with E-state index >= 15 is 0 Å². The van der Waals surface area contributed by atoms with Gasteiger partial charge < -0.3 is 20.4 Å². The highest BCUT2D eigenvalue weighted by molar-refractivity contribution is 5.98. The van der Waals surface area contributed by atoms with Gasteiger partial charge in [0.05, 0.1) is 0 Å². The Labute approximate surface area is 95.5 Å². The van der Waals surface area contributed by atoms with Gasteiger partial charge in [-0.2, -0.15) is 0 Å². The summed E-state index contributed by atoms with van der Waals surface area (Å²) >= 11 is 0. The maximum Gasteiger partial charge on any atom is 0.335 e. The van der Waals surface area contributed by atoms with Crippen LogP contribution in [0.25, 0.3) is 0 Å². The smallest absolute Gasteiger partial charge is 0.335 e. The molecule has 0 saturated heterocycles. The van der Waals surface area contributed by atoms with E-state index in [0.29, 0.717) is 6.54 Å². The van der Waals surface area contributed by atoms with Gasteiger partial charge >= 0.3 is 11.9 Å². The summed E-state index contributed by atoms with van der Waals surface area (Å²) < 4.78 is 0. The number of rotatable bonds is 3. The van der Waals surface area contributed by atoms with Gasteiger partial charge in [0.1, 0.15) is 6.54 Å². The summed E-state index contributed by atoms with van der Waals surface area (Å²) in [6.07, 6.45) is 0.259. The molecule has 0 spiro atoms. The fourth-order valence-corrected chi connectivity index (χ4v) is 0.677. The van der Waals surface area contributed by atoms with Crippen molar-refractivity contribution in [3.63, 3.8) is 0 Å². The molecule has 0 aromatic carbocycles. The molecule has 0 amide bonds. The van der Waals surface area contributed by atoms with Crippen LogP contribution in [0, 0.1) is 0 Å². The molecule has 0 saturated carbocycles. The van der Waals surface area contributed by atoms with E-state index in [4.69, 9.17) is 20.4 Å². The first-order valence-corrected chi connectivity index (χ1v) is 4.37. The van der Waals surface area contributed by atoms with E-state index in [9.17, 15) is 14.4 Å². The molecule has 0 aromatic heterocycles. The number of aliphatic carboxylic acids is 2. The number of ketones is 1. The van der Waals surface area contributed by atoms with Gasteiger partial charge in [-0.05, 0) is 12.2 Å². The summed E-state index contributed by atoms with van der Waals surface area (Å²) in [5.74, 6) is -3.45. The van der Waals surface area contributed by atoms with E-state index in [0.717, 1.165) is 0 Å². The Morgan fingerprint density at radius 1 is 1.18 bits per heavy atom. The molecule has 2 unspecified atom stereocenters. The van der Waals surface area contributed by atoms with Gasteiger partial charge in [-0.3, -0.25) is 9.79 Å². The minimum absolute atomic E-state index is 0.0856. The van der Waals surface area contributed by atoms with Crippen LogP contribution in [0.3, 0.4) is 0 Å². The zero-order chi connectivity index (χ0) is 13.4. The molecular weight excluding hydrogens is 234 g/mol. The van der Waals surface area contributed by atoms with E-state index in [-0.39, 0.29) is 5.78 Å². The van der Waals surface area contributed by atoms with Crippen molar-refractivity contribution in [1.82, 2.24) is 0 Å². The Bertz CT molecular complexity index is 342. The van der Waals surface area contributed by atoms with Gasteiger partial charge in [-0.25, -0.2) is 9.59 Å². The normalized spacial score (nSPS) is 16.7. The first-order chi connectivity index (χ1) is 7.86. The lowest BCUT2D eigenvalue weighted by Gasteiger charge is -2.07. The van der Waals surface area contributed by atoms with E-state index < -0.39 is 24.1 Å². The minimum atomic E-state index is -2.27. The molecule has 0 aliphatic carbocycles. The molecule has 2 atom stereocenters. The quantitative estimate of drug-likeness (QED) is 0.453. The van der Waals surface area contributed by atoms with Crippen LogP contribution in [0.5, 0.6) is 0 Å². The Balaban J connectivity index is 0.000000318. The summed E-state index contributed by atoms with van der Waals surface area (Å²) in [7, 11) is 0. The molecule has 94 valence electrons. The maximum absolute atomic E-state index is 10.3. The Morgan fingerprint density at radius 3 is 1.82 bits per heavy atom. The van der Waals surface area contributed by atoms with Gasteiger partial charge in [0, 0.05) is 6.21 Å². The molecule has 0 aromatic rings. The predicted octanol–water partition coefficient (Wildman–Crippen LogP) is -1.93. The first kappa shape index (κ1) is 14.9. The summed E-state index contributed by atoms with van der Waals surface area (Å²) in [6, 6.07) is 0. The highest BCUT2D eigenvalue weighted by Crippen LogP contribution is 1.92. The lowest BCUT2D eigenvalue weighted by atomic mass is 10.2.